The maximum absolute atomic E-state index is 9.02. The van der Waals surface area contributed by atoms with Crippen LogP contribution < -0.4 is 11.2 Å². The van der Waals surface area contributed by atoms with E-state index in [0.29, 0.717) is 16.1 Å². The Hall–Kier alpha value is -1.11. The molecular formula is C7H7BN2O2S. The number of hydrogen-bond donors (Lipinski definition) is 3. The Morgan fingerprint density at radius 1 is 1.38 bits per heavy atom. The molecule has 0 aliphatic carbocycles. The molecule has 0 aliphatic heterocycles. The molecule has 0 atom stereocenters. The summed E-state index contributed by atoms with van der Waals surface area (Å²) in [6, 6.07) is 5.15. The zero-order valence-electron chi connectivity index (χ0n) is 6.64. The van der Waals surface area contributed by atoms with Gasteiger partial charge < -0.3 is 15.8 Å². The van der Waals surface area contributed by atoms with Crippen LogP contribution in [0.4, 0.5) is 5.13 Å². The van der Waals surface area contributed by atoms with Gasteiger partial charge in [-0.2, -0.15) is 0 Å². The maximum Gasteiger partial charge on any atom is 0.489 e. The second-order valence-corrected chi connectivity index (χ2v) is 3.65. The van der Waals surface area contributed by atoms with Crippen LogP contribution in [-0.4, -0.2) is 22.2 Å². The highest BCUT2D eigenvalue weighted by molar-refractivity contribution is 7.23. The van der Waals surface area contributed by atoms with Gasteiger partial charge in [0.15, 0.2) is 5.13 Å². The molecule has 0 saturated carbocycles. The van der Waals surface area contributed by atoms with Crippen molar-refractivity contribution in [3.8, 4) is 0 Å². The average molecular weight is 194 g/mol. The quantitative estimate of drug-likeness (QED) is 0.537. The van der Waals surface area contributed by atoms with E-state index in [4.69, 9.17) is 15.8 Å². The Kier molecular flexibility index (Phi) is 1.95. The summed E-state index contributed by atoms with van der Waals surface area (Å²) in [4.78, 5) is 4.03. The molecule has 1 heterocycles. The minimum absolute atomic E-state index is 0.433. The molecule has 0 fully saturated rings. The number of rotatable bonds is 1. The summed E-state index contributed by atoms with van der Waals surface area (Å²) in [6.45, 7) is 0. The number of anilines is 1. The molecule has 4 nitrogen and oxygen atoms in total. The Morgan fingerprint density at radius 2 is 2.15 bits per heavy atom. The molecular weight excluding hydrogens is 187 g/mol. The SMILES string of the molecule is Nc1nc2cccc(B(O)O)c2s1. The molecule has 2 aromatic rings. The predicted octanol–water partition coefficient (Wildman–Crippen LogP) is -0.442. The van der Waals surface area contributed by atoms with Gasteiger partial charge in [0.25, 0.3) is 0 Å². The Morgan fingerprint density at radius 3 is 2.85 bits per heavy atom. The molecule has 4 N–H and O–H groups in total. The molecule has 0 unspecified atom stereocenters. The normalized spacial score (nSPS) is 10.6. The van der Waals surface area contributed by atoms with Crippen molar-refractivity contribution in [1.29, 1.82) is 0 Å². The Bertz CT molecular complexity index is 443. The number of thiazole rings is 1. The van der Waals surface area contributed by atoms with Crippen molar-refractivity contribution in [3.05, 3.63) is 18.2 Å². The molecule has 66 valence electrons. The first-order valence-corrected chi connectivity index (χ1v) is 4.51. The summed E-state index contributed by atoms with van der Waals surface area (Å²) >= 11 is 1.25. The van der Waals surface area contributed by atoms with E-state index in [1.54, 1.807) is 18.2 Å². The fourth-order valence-electron chi connectivity index (χ4n) is 1.19. The third-order valence-corrected chi connectivity index (χ3v) is 2.69. The fourth-order valence-corrected chi connectivity index (χ4v) is 2.05. The maximum atomic E-state index is 9.02. The van der Waals surface area contributed by atoms with Crippen molar-refractivity contribution in [2.75, 3.05) is 5.73 Å². The topological polar surface area (TPSA) is 79.4 Å². The molecule has 13 heavy (non-hydrogen) atoms. The number of aromatic nitrogens is 1. The third kappa shape index (κ3) is 1.39. The highest BCUT2D eigenvalue weighted by atomic mass is 32.1. The molecule has 0 saturated heterocycles. The molecule has 1 aromatic carbocycles. The van der Waals surface area contributed by atoms with Gasteiger partial charge in [-0.25, -0.2) is 4.98 Å². The van der Waals surface area contributed by atoms with Gasteiger partial charge in [-0.05, 0) is 6.07 Å². The summed E-state index contributed by atoms with van der Waals surface area (Å²) in [7, 11) is -1.47. The van der Waals surface area contributed by atoms with Gasteiger partial charge in [0, 0.05) is 5.46 Å². The van der Waals surface area contributed by atoms with Crippen LogP contribution in [0.3, 0.4) is 0 Å². The molecule has 0 bridgehead atoms. The smallest absolute Gasteiger partial charge is 0.423 e. The monoisotopic (exact) mass is 194 g/mol. The largest absolute Gasteiger partial charge is 0.489 e. The molecule has 0 amide bonds. The van der Waals surface area contributed by atoms with Crippen molar-refractivity contribution in [2.45, 2.75) is 0 Å². The highest BCUT2D eigenvalue weighted by Crippen LogP contribution is 2.21. The van der Waals surface area contributed by atoms with Crippen molar-refractivity contribution in [3.63, 3.8) is 0 Å². The second-order valence-electron chi connectivity index (χ2n) is 2.62. The lowest BCUT2D eigenvalue weighted by molar-refractivity contribution is 0.426. The molecule has 6 heteroatoms. The summed E-state index contributed by atoms with van der Waals surface area (Å²) in [5.74, 6) is 0. The summed E-state index contributed by atoms with van der Waals surface area (Å²) in [5, 5.41) is 18.5. The van der Waals surface area contributed by atoms with Crippen LogP contribution in [0.25, 0.3) is 10.2 Å². The number of nitrogen functional groups attached to an aromatic ring is 1. The van der Waals surface area contributed by atoms with Crippen molar-refractivity contribution < 1.29 is 10.0 Å². The van der Waals surface area contributed by atoms with Crippen LogP contribution in [-0.2, 0) is 0 Å². The van der Waals surface area contributed by atoms with Gasteiger partial charge in [0.05, 0.1) is 10.2 Å². The van der Waals surface area contributed by atoms with E-state index in [0.717, 1.165) is 4.70 Å². The molecule has 0 spiro atoms. The standard InChI is InChI=1S/C7H7BN2O2S/c9-7-10-5-3-1-2-4(8(11)12)6(5)13-7/h1-3,11-12H,(H2,9,10). The number of hydrogen-bond acceptors (Lipinski definition) is 5. The van der Waals surface area contributed by atoms with Gasteiger partial charge >= 0.3 is 7.12 Å². The molecule has 0 aliphatic rings. The van der Waals surface area contributed by atoms with Crippen molar-refractivity contribution in [2.24, 2.45) is 0 Å². The van der Waals surface area contributed by atoms with Crippen LogP contribution in [0.1, 0.15) is 0 Å². The zero-order chi connectivity index (χ0) is 9.42. The van der Waals surface area contributed by atoms with E-state index in [1.807, 2.05) is 0 Å². The van der Waals surface area contributed by atoms with E-state index in [-0.39, 0.29) is 0 Å². The summed E-state index contributed by atoms with van der Waals surface area (Å²) in [6.07, 6.45) is 0. The summed E-state index contributed by atoms with van der Waals surface area (Å²) < 4.78 is 0.731. The van der Waals surface area contributed by atoms with Crippen LogP contribution in [0.15, 0.2) is 18.2 Å². The van der Waals surface area contributed by atoms with Gasteiger partial charge in [-0.1, -0.05) is 23.5 Å². The second kappa shape index (κ2) is 2.99. The lowest BCUT2D eigenvalue weighted by atomic mass is 9.80. The first kappa shape index (κ1) is 8.49. The van der Waals surface area contributed by atoms with E-state index < -0.39 is 7.12 Å². The van der Waals surface area contributed by atoms with E-state index in [1.165, 1.54) is 11.3 Å². The number of nitrogens with zero attached hydrogens (tertiary/aromatic N) is 1. The van der Waals surface area contributed by atoms with Crippen molar-refractivity contribution in [1.82, 2.24) is 4.98 Å². The minimum atomic E-state index is -1.47. The average Bonchev–Trinajstić information content (AvgIpc) is 2.43. The number of nitrogens with two attached hydrogens (primary N) is 1. The van der Waals surface area contributed by atoms with Crippen LogP contribution in [0.2, 0.25) is 0 Å². The third-order valence-electron chi connectivity index (χ3n) is 1.74. The number of fused-ring (bicyclic) bond motifs is 1. The lowest BCUT2D eigenvalue weighted by Gasteiger charge is -1.98. The lowest BCUT2D eigenvalue weighted by Crippen LogP contribution is -2.29. The van der Waals surface area contributed by atoms with Crippen LogP contribution in [0.5, 0.6) is 0 Å². The Balaban J connectivity index is 2.75. The summed E-state index contributed by atoms with van der Waals surface area (Å²) in [5.41, 5.74) is 6.66. The first-order chi connectivity index (χ1) is 6.18. The predicted molar refractivity (Wildman–Crippen MR) is 53.9 cm³/mol. The molecule has 0 radical (unpaired) electrons. The van der Waals surface area contributed by atoms with E-state index in [9.17, 15) is 0 Å². The van der Waals surface area contributed by atoms with E-state index >= 15 is 0 Å². The van der Waals surface area contributed by atoms with Crippen molar-refractivity contribution >= 4 is 39.3 Å². The zero-order valence-corrected chi connectivity index (χ0v) is 7.45. The highest BCUT2D eigenvalue weighted by Gasteiger charge is 2.16. The number of benzene rings is 1. The van der Waals surface area contributed by atoms with Crippen LogP contribution in [0, 0.1) is 0 Å². The minimum Gasteiger partial charge on any atom is -0.423 e. The fraction of sp³-hybridized carbons (Fsp3) is 0. The van der Waals surface area contributed by atoms with Gasteiger partial charge in [0.2, 0.25) is 0 Å². The van der Waals surface area contributed by atoms with Crippen LogP contribution >= 0.6 is 11.3 Å². The molecule has 1 aromatic heterocycles. The van der Waals surface area contributed by atoms with Gasteiger partial charge in [-0.3, -0.25) is 0 Å². The first-order valence-electron chi connectivity index (χ1n) is 3.69. The van der Waals surface area contributed by atoms with E-state index in [2.05, 4.69) is 4.98 Å². The van der Waals surface area contributed by atoms with Gasteiger partial charge in [0.1, 0.15) is 0 Å². The Labute approximate surface area is 78.8 Å². The van der Waals surface area contributed by atoms with Gasteiger partial charge in [-0.15, -0.1) is 0 Å². The molecule has 2 rings (SSSR count).